The molecule has 0 bridgehead atoms. The van der Waals surface area contributed by atoms with E-state index >= 15 is 0 Å². The molecule has 0 aliphatic rings. The van der Waals surface area contributed by atoms with Crippen LogP contribution in [-0.4, -0.2) is 26.0 Å². The number of aromatic carboxylic acids is 1. The third kappa shape index (κ3) is 1.96. The molecule has 0 aliphatic heterocycles. The molecule has 6 heteroatoms. The van der Waals surface area contributed by atoms with Crippen LogP contribution in [0, 0.1) is 5.82 Å². The van der Waals surface area contributed by atoms with E-state index in [1.165, 1.54) is 23.9 Å². The first kappa shape index (κ1) is 11.1. The van der Waals surface area contributed by atoms with Crippen LogP contribution in [0.3, 0.4) is 0 Å². The molecular weight excluding hydrogens is 227 g/mol. The van der Waals surface area contributed by atoms with Crippen molar-refractivity contribution in [2.24, 2.45) is 7.05 Å². The molecule has 0 atom stereocenters. The number of carboxylic acids is 1. The number of rotatable bonds is 2. The Morgan fingerprint density at radius 3 is 2.71 bits per heavy atom. The Morgan fingerprint density at radius 2 is 2.12 bits per heavy atom. The van der Waals surface area contributed by atoms with E-state index < -0.39 is 11.8 Å². The maximum absolute atomic E-state index is 13.1. The Bertz CT molecular complexity index is 592. The van der Waals surface area contributed by atoms with Gasteiger partial charge in [-0.05, 0) is 24.3 Å². The third-order valence-electron chi connectivity index (χ3n) is 2.33. The number of aromatic hydroxyl groups is 1. The van der Waals surface area contributed by atoms with E-state index in [1.54, 1.807) is 0 Å². The standard InChI is InChI=1S/C11H9FN2O3/c1-14-9(5-8(13-14)11(16)17)7-4-6(12)2-3-10(7)15/h2-5,15H,1H3,(H,16,17). The number of hydrogen-bond donors (Lipinski definition) is 2. The highest BCUT2D eigenvalue weighted by Gasteiger charge is 2.15. The van der Waals surface area contributed by atoms with Crippen LogP contribution in [0.25, 0.3) is 11.3 Å². The number of carbonyl (C=O) groups is 1. The smallest absolute Gasteiger partial charge is 0.356 e. The van der Waals surface area contributed by atoms with Gasteiger partial charge in [-0.2, -0.15) is 5.10 Å². The van der Waals surface area contributed by atoms with Crippen LogP contribution in [0.1, 0.15) is 10.5 Å². The van der Waals surface area contributed by atoms with Crippen molar-refractivity contribution < 1.29 is 19.4 Å². The summed E-state index contributed by atoms with van der Waals surface area (Å²) in [6.07, 6.45) is 0. The summed E-state index contributed by atoms with van der Waals surface area (Å²) in [6.45, 7) is 0. The predicted octanol–water partition coefficient (Wildman–Crippen LogP) is 1.63. The second kappa shape index (κ2) is 3.89. The van der Waals surface area contributed by atoms with Gasteiger partial charge in [0.15, 0.2) is 5.69 Å². The SMILES string of the molecule is Cn1nc(C(=O)O)cc1-c1cc(F)ccc1O. The highest BCUT2D eigenvalue weighted by Crippen LogP contribution is 2.29. The average molecular weight is 236 g/mol. The van der Waals surface area contributed by atoms with Crippen LogP contribution in [0.2, 0.25) is 0 Å². The molecule has 0 saturated heterocycles. The number of aromatic nitrogens is 2. The Labute approximate surface area is 95.7 Å². The summed E-state index contributed by atoms with van der Waals surface area (Å²) in [5.74, 6) is -1.83. The number of carboxylic acid groups (broad SMARTS) is 1. The van der Waals surface area contributed by atoms with Crippen molar-refractivity contribution >= 4 is 5.97 Å². The Balaban J connectivity index is 2.60. The molecule has 0 spiro atoms. The van der Waals surface area contributed by atoms with Crippen LogP contribution < -0.4 is 0 Å². The van der Waals surface area contributed by atoms with Crippen LogP contribution in [-0.2, 0) is 7.05 Å². The van der Waals surface area contributed by atoms with Gasteiger partial charge in [-0.25, -0.2) is 9.18 Å². The van der Waals surface area contributed by atoms with Crippen molar-refractivity contribution in [2.45, 2.75) is 0 Å². The molecule has 88 valence electrons. The lowest BCUT2D eigenvalue weighted by Crippen LogP contribution is -1.99. The summed E-state index contributed by atoms with van der Waals surface area (Å²) >= 11 is 0. The van der Waals surface area contributed by atoms with Gasteiger partial charge >= 0.3 is 5.97 Å². The van der Waals surface area contributed by atoms with E-state index in [4.69, 9.17) is 5.11 Å². The van der Waals surface area contributed by atoms with Crippen molar-refractivity contribution in [3.63, 3.8) is 0 Å². The average Bonchev–Trinajstić information content (AvgIpc) is 2.64. The van der Waals surface area contributed by atoms with E-state index in [2.05, 4.69) is 5.10 Å². The number of nitrogens with zero attached hydrogens (tertiary/aromatic N) is 2. The number of phenols is 1. The molecule has 17 heavy (non-hydrogen) atoms. The zero-order valence-electron chi connectivity index (χ0n) is 8.88. The second-order valence-corrected chi connectivity index (χ2v) is 3.51. The first-order valence-electron chi connectivity index (χ1n) is 4.75. The molecule has 0 aliphatic carbocycles. The van der Waals surface area contributed by atoms with Gasteiger partial charge in [-0.15, -0.1) is 0 Å². The van der Waals surface area contributed by atoms with Crippen molar-refractivity contribution in [1.29, 1.82) is 0 Å². The molecular formula is C11H9FN2O3. The Hall–Kier alpha value is -2.37. The molecule has 0 unspecified atom stereocenters. The molecule has 1 aromatic carbocycles. The van der Waals surface area contributed by atoms with Crippen molar-refractivity contribution in [3.05, 3.63) is 35.8 Å². The van der Waals surface area contributed by atoms with Gasteiger partial charge in [0.05, 0.1) is 5.69 Å². The van der Waals surface area contributed by atoms with Gasteiger partial charge in [-0.3, -0.25) is 4.68 Å². The van der Waals surface area contributed by atoms with Gasteiger partial charge in [0, 0.05) is 12.6 Å². The first-order valence-corrected chi connectivity index (χ1v) is 4.75. The van der Waals surface area contributed by atoms with Crippen molar-refractivity contribution in [2.75, 3.05) is 0 Å². The number of benzene rings is 1. The fourth-order valence-corrected chi connectivity index (χ4v) is 1.54. The fourth-order valence-electron chi connectivity index (χ4n) is 1.54. The van der Waals surface area contributed by atoms with Crippen molar-refractivity contribution in [1.82, 2.24) is 9.78 Å². The minimum Gasteiger partial charge on any atom is -0.507 e. The lowest BCUT2D eigenvalue weighted by Gasteiger charge is -2.04. The quantitative estimate of drug-likeness (QED) is 0.830. The monoisotopic (exact) mass is 236 g/mol. The minimum atomic E-state index is -1.18. The summed E-state index contributed by atoms with van der Waals surface area (Å²) in [5, 5.41) is 22.1. The Kier molecular flexibility index (Phi) is 2.55. The highest BCUT2D eigenvalue weighted by molar-refractivity contribution is 5.87. The summed E-state index contributed by atoms with van der Waals surface area (Å²) in [7, 11) is 1.52. The lowest BCUT2D eigenvalue weighted by atomic mass is 10.1. The van der Waals surface area contributed by atoms with Crippen LogP contribution in [0.4, 0.5) is 4.39 Å². The van der Waals surface area contributed by atoms with Gasteiger partial charge < -0.3 is 10.2 Å². The van der Waals surface area contributed by atoms with Gasteiger partial charge in [0.25, 0.3) is 0 Å². The van der Waals surface area contributed by atoms with Crippen molar-refractivity contribution in [3.8, 4) is 17.0 Å². The molecule has 2 N–H and O–H groups in total. The van der Waals surface area contributed by atoms with E-state index in [9.17, 15) is 14.3 Å². The Morgan fingerprint density at radius 1 is 1.41 bits per heavy atom. The third-order valence-corrected chi connectivity index (χ3v) is 2.33. The largest absolute Gasteiger partial charge is 0.507 e. The van der Waals surface area contributed by atoms with E-state index in [0.717, 1.165) is 12.1 Å². The van der Waals surface area contributed by atoms with Gasteiger partial charge in [-0.1, -0.05) is 0 Å². The maximum atomic E-state index is 13.1. The zero-order chi connectivity index (χ0) is 12.6. The van der Waals surface area contributed by atoms with Crippen LogP contribution >= 0.6 is 0 Å². The summed E-state index contributed by atoms with van der Waals surface area (Å²) in [6, 6.07) is 4.72. The molecule has 5 nitrogen and oxygen atoms in total. The molecule has 1 heterocycles. The van der Waals surface area contributed by atoms with Gasteiger partial charge in [0.1, 0.15) is 11.6 Å². The molecule has 0 radical (unpaired) electrons. The summed E-state index contributed by atoms with van der Waals surface area (Å²) in [4.78, 5) is 10.7. The minimum absolute atomic E-state index is 0.133. The van der Waals surface area contributed by atoms with E-state index in [1.807, 2.05) is 0 Å². The van der Waals surface area contributed by atoms with Crippen LogP contribution in [0.15, 0.2) is 24.3 Å². The van der Waals surface area contributed by atoms with Crippen LogP contribution in [0.5, 0.6) is 5.75 Å². The maximum Gasteiger partial charge on any atom is 0.356 e. The number of aryl methyl sites for hydroxylation is 1. The number of phenolic OH excluding ortho intramolecular Hbond substituents is 1. The summed E-state index contributed by atoms with van der Waals surface area (Å²) in [5.41, 5.74) is 0.373. The molecule has 0 saturated carbocycles. The molecule has 2 aromatic rings. The number of hydrogen-bond acceptors (Lipinski definition) is 3. The van der Waals surface area contributed by atoms with E-state index in [-0.39, 0.29) is 17.0 Å². The highest BCUT2D eigenvalue weighted by atomic mass is 19.1. The topological polar surface area (TPSA) is 75.4 Å². The second-order valence-electron chi connectivity index (χ2n) is 3.51. The fraction of sp³-hybridized carbons (Fsp3) is 0.0909. The normalized spacial score (nSPS) is 10.5. The molecule has 0 amide bonds. The first-order chi connectivity index (χ1) is 7.99. The van der Waals surface area contributed by atoms with E-state index in [0.29, 0.717) is 5.69 Å². The summed E-state index contributed by atoms with van der Waals surface area (Å²) < 4.78 is 14.3. The molecule has 2 rings (SSSR count). The zero-order valence-corrected chi connectivity index (χ0v) is 8.88. The molecule has 1 aromatic heterocycles. The lowest BCUT2D eigenvalue weighted by molar-refractivity contribution is 0.0689. The predicted molar refractivity (Wildman–Crippen MR) is 57.2 cm³/mol. The van der Waals surface area contributed by atoms with Gasteiger partial charge in [0.2, 0.25) is 0 Å². The number of halogens is 1. The molecule has 0 fully saturated rings.